The maximum absolute atomic E-state index is 8.54. The summed E-state index contributed by atoms with van der Waals surface area (Å²) >= 11 is 1.63. The Morgan fingerprint density at radius 3 is 3.00 bits per heavy atom. The van der Waals surface area contributed by atoms with Crippen molar-refractivity contribution in [2.24, 2.45) is 0 Å². The maximum Gasteiger partial charge on any atom is 0.120 e. The van der Waals surface area contributed by atoms with Gasteiger partial charge in [-0.15, -0.1) is 0 Å². The number of aliphatic hydroxyl groups excluding tert-OH is 1. The van der Waals surface area contributed by atoms with Gasteiger partial charge in [0.2, 0.25) is 0 Å². The third kappa shape index (κ3) is 3.61. The largest absolute Gasteiger partial charge is 0.494 e. The van der Waals surface area contributed by atoms with Crippen molar-refractivity contribution in [1.29, 1.82) is 0 Å². The van der Waals surface area contributed by atoms with Gasteiger partial charge in [-0.25, -0.2) is 0 Å². The minimum absolute atomic E-state index is 0.230. The minimum Gasteiger partial charge on any atom is -0.494 e. The first-order valence-corrected chi connectivity index (χ1v) is 5.24. The Kier molecular flexibility index (Phi) is 4.57. The van der Waals surface area contributed by atoms with Crippen LogP contribution >= 0.6 is 11.3 Å². The summed E-state index contributed by atoms with van der Waals surface area (Å²) in [6, 6.07) is 1.99. The van der Waals surface area contributed by atoms with E-state index in [4.69, 9.17) is 9.84 Å². The van der Waals surface area contributed by atoms with Crippen LogP contribution in [0.2, 0.25) is 0 Å². The molecule has 0 spiro atoms. The van der Waals surface area contributed by atoms with Crippen LogP contribution in [-0.4, -0.2) is 18.3 Å². The van der Waals surface area contributed by atoms with Gasteiger partial charge >= 0.3 is 0 Å². The molecule has 0 atom stereocenters. The highest BCUT2D eigenvalue weighted by Gasteiger charge is 1.98. The van der Waals surface area contributed by atoms with E-state index in [9.17, 15) is 0 Å². The van der Waals surface area contributed by atoms with Crippen LogP contribution in [0.5, 0.6) is 0 Å². The zero-order valence-electron chi connectivity index (χ0n) is 7.53. The molecule has 1 N–H and O–H groups in total. The number of unbranched alkanes of at least 4 members (excludes halogenated alkanes) is 1. The Morgan fingerprint density at radius 1 is 1.54 bits per heavy atom. The summed E-state index contributed by atoms with van der Waals surface area (Å²) in [4.78, 5) is 0. The van der Waals surface area contributed by atoms with Gasteiger partial charge in [0.05, 0.1) is 6.61 Å². The lowest BCUT2D eigenvalue weighted by molar-refractivity contribution is 0.235. The topological polar surface area (TPSA) is 29.5 Å². The van der Waals surface area contributed by atoms with Crippen LogP contribution in [0.25, 0.3) is 5.76 Å². The molecule has 1 aromatic heterocycles. The normalized spacial score (nSPS) is 9.92. The van der Waals surface area contributed by atoms with Crippen molar-refractivity contribution in [3.63, 3.8) is 0 Å². The van der Waals surface area contributed by atoms with Crippen LogP contribution in [0.15, 0.2) is 23.4 Å². The second kappa shape index (κ2) is 5.78. The first-order chi connectivity index (χ1) is 6.34. The molecule has 0 aliphatic rings. The Hall–Kier alpha value is -0.800. The molecule has 0 unspecified atom stereocenters. The Bertz CT molecular complexity index is 241. The lowest BCUT2D eigenvalue weighted by atomic mass is 10.3. The standard InChI is InChI=1S/C10H14O2S/c1-9(10-4-7-13-8-10)12-6-3-2-5-11/h4,7-8,11H,1-3,5-6H2. The second-order valence-electron chi connectivity index (χ2n) is 2.71. The quantitative estimate of drug-likeness (QED) is 0.562. The maximum atomic E-state index is 8.54. The van der Waals surface area contributed by atoms with Crippen molar-refractivity contribution in [2.45, 2.75) is 12.8 Å². The highest BCUT2D eigenvalue weighted by atomic mass is 32.1. The van der Waals surface area contributed by atoms with Crippen LogP contribution in [-0.2, 0) is 4.74 Å². The van der Waals surface area contributed by atoms with E-state index in [0.29, 0.717) is 6.61 Å². The summed E-state index contributed by atoms with van der Waals surface area (Å²) < 4.78 is 5.39. The van der Waals surface area contributed by atoms with Crippen molar-refractivity contribution in [3.8, 4) is 0 Å². The van der Waals surface area contributed by atoms with E-state index in [-0.39, 0.29) is 6.61 Å². The van der Waals surface area contributed by atoms with Gasteiger partial charge in [0.15, 0.2) is 0 Å². The number of aliphatic hydroxyl groups is 1. The Balaban J connectivity index is 2.19. The molecule has 1 rings (SSSR count). The number of hydrogen-bond acceptors (Lipinski definition) is 3. The first kappa shape index (κ1) is 10.3. The summed E-state index contributed by atoms with van der Waals surface area (Å²) in [5.74, 6) is 0.721. The fourth-order valence-electron chi connectivity index (χ4n) is 0.916. The minimum atomic E-state index is 0.230. The number of hydrogen-bond donors (Lipinski definition) is 1. The summed E-state index contributed by atoms with van der Waals surface area (Å²) in [7, 11) is 0. The van der Waals surface area contributed by atoms with Crippen LogP contribution in [0.4, 0.5) is 0 Å². The van der Waals surface area contributed by atoms with Crippen molar-refractivity contribution in [2.75, 3.05) is 13.2 Å². The van der Waals surface area contributed by atoms with Crippen molar-refractivity contribution in [1.82, 2.24) is 0 Å². The molecule has 1 aromatic rings. The van der Waals surface area contributed by atoms with E-state index < -0.39 is 0 Å². The van der Waals surface area contributed by atoms with E-state index in [1.807, 2.05) is 16.8 Å². The summed E-state index contributed by atoms with van der Waals surface area (Å²) in [6.07, 6.45) is 1.66. The van der Waals surface area contributed by atoms with Gasteiger partial charge in [-0.3, -0.25) is 0 Å². The van der Waals surface area contributed by atoms with E-state index in [2.05, 4.69) is 6.58 Å². The van der Waals surface area contributed by atoms with E-state index in [1.165, 1.54) is 0 Å². The first-order valence-electron chi connectivity index (χ1n) is 4.29. The molecule has 3 heteroatoms. The molecule has 13 heavy (non-hydrogen) atoms. The van der Waals surface area contributed by atoms with Crippen LogP contribution in [0, 0.1) is 0 Å². The molecule has 0 saturated carbocycles. The van der Waals surface area contributed by atoms with Crippen LogP contribution in [0.3, 0.4) is 0 Å². The van der Waals surface area contributed by atoms with Gasteiger partial charge in [-0.2, -0.15) is 11.3 Å². The molecule has 0 radical (unpaired) electrons. The smallest absolute Gasteiger partial charge is 0.120 e. The van der Waals surface area contributed by atoms with Crippen LogP contribution < -0.4 is 0 Å². The van der Waals surface area contributed by atoms with Gasteiger partial charge in [0.1, 0.15) is 5.76 Å². The van der Waals surface area contributed by atoms with Gasteiger partial charge < -0.3 is 9.84 Å². The van der Waals surface area contributed by atoms with Gasteiger partial charge in [-0.1, -0.05) is 6.58 Å². The fraction of sp³-hybridized carbons (Fsp3) is 0.400. The number of thiophene rings is 1. The second-order valence-corrected chi connectivity index (χ2v) is 3.49. The summed E-state index contributed by atoms with van der Waals surface area (Å²) in [5.41, 5.74) is 1.05. The van der Waals surface area contributed by atoms with Gasteiger partial charge in [0.25, 0.3) is 0 Å². The molecule has 72 valence electrons. The van der Waals surface area contributed by atoms with Crippen molar-refractivity contribution in [3.05, 3.63) is 29.0 Å². The molecule has 0 fully saturated rings. The molecule has 0 saturated heterocycles. The predicted molar refractivity (Wildman–Crippen MR) is 55.6 cm³/mol. The third-order valence-corrected chi connectivity index (χ3v) is 2.36. The molecule has 0 bridgehead atoms. The lowest BCUT2D eigenvalue weighted by Crippen LogP contribution is -1.94. The van der Waals surface area contributed by atoms with Gasteiger partial charge in [0, 0.05) is 17.6 Å². The SMILES string of the molecule is C=C(OCCCCO)c1ccsc1. The zero-order valence-corrected chi connectivity index (χ0v) is 8.35. The molecule has 0 amide bonds. The summed E-state index contributed by atoms with van der Waals surface area (Å²) in [5, 5.41) is 12.5. The Labute approximate surface area is 82.5 Å². The monoisotopic (exact) mass is 198 g/mol. The number of rotatable bonds is 6. The highest BCUT2D eigenvalue weighted by Crippen LogP contribution is 2.16. The average Bonchev–Trinajstić information content (AvgIpc) is 2.65. The molecular formula is C10H14O2S. The van der Waals surface area contributed by atoms with Gasteiger partial charge in [-0.05, 0) is 24.3 Å². The third-order valence-electron chi connectivity index (χ3n) is 1.67. The molecule has 2 nitrogen and oxygen atoms in total. The van der Waals surface area contributed by atoms with Crippen LogP contribution in [0.1, 0.15) is 18.4 Å². The zero-order chi connectivity index (χ0) is 9.52. The number of ether oxygens (including phenoxy) is 1. The van der Waals surface area contributed by atoms with E-state index in [1.54, 1.807) is 11.3 Å². The van der Waals surface area contributed by atoms with Crippen molar-refractivity contribution < 1.29 is 9.84 Å². The summed E-state index contributed by atoms with van der Waals surface area (Å²) in [6.45, 7) is 4.68. The molecule has 1 heterocycles. The van der Waals surface area contributed by atoms with E-state index >= 15 is 0 Å². The highest BCUT2D eigenvalue weighted by molar-refractivity contribution is 7.08. The molecular weight excluding hydrogens is 184 g/mol. The molecule has 0 aliphatic carbocycles. The predicted octanol–water partition coefficient (Wildman–Crippen LogP) is 2.51. The fourth-order valence-corrected chi connectivity index (χ4v) is 1.58. The Morgan fingerprint density at radius 2 is 2.38 bits per heavy atom. The average molecular weight is 198 g/mol. The molecule has 0 aromatic carbocycles. The lowest BCUT2D eigenvalue weighted by Gasteiger charge is -2.06. The van der Waals surface area contributed by atoms with Crippen molar-refractivity contribution >= 4 is 17.1 Å². The molecule has 0 aliphatic heterocycles. The van der Waals surface area contributed by atoms with E-state index in [0.717, 1.165) is 24.2 Å².